The molecular formula is C23H33N3O5. The monoisotopic (exact) mass is 431 g/mol. The van der Waals surface area contributed by atoms with E-state index in [1.54, 1.807) is 20.8 Å². The van der Waals surface area contributed by atoms with Gasteiger partial charge >= 0.3 is 12.1 Å². The van der Waals surface area contributed by atoms with E-state index < -0.39 is 40.8 Å². The van der Waals surface area contributed by atoms with Crippen molar-refractivity contribution in [1.82, 2.24) is 4.90 Å². The molecule has 3 rings (SSSR count). The van der Waals surface area contributed by atoms with E-state index >= 15 is 0 Å². The van der Waals surface area contributed by atoms with Crippen molar-refractivity contribution in [1.29, 1.82) is 0 Å². The van der Waals surface area contributed by atoms with Gasteiger partial charge in [0.1, 0.15) is 11.6 Å². The Labute approximate surface area is 183 Å². The van der Waals surface area contributed by atoms with Gasteiger partial charge in [0.15, 0.2) is 5.60 Å². The van der Waals surface area contributed by atoms with Gasteiger partial charge in [0, 0.05) is 12.1 Å². The molecule has 2 amide bonds. The van der Waals surface area contributed by atoms with Crippen molar-refractivity contribution < 1.29 is 23.9 Å². The van der Waals surface area contributed by atoms with Gasteiger partial charge in [0.2, 0.25) is 5.91 Å². The van der Waals surface area contributed by atoms with Crippen molar-refractivity contribution in [3.63, 3.8) is 0 Å². The van der Waals surface area contributed by atoms with Crippen LogP contribution in [-0.2, 0) is 19.1 Å². The fourth-order valence-corrected chi connectivity index (χ4v) is 3.93. The number of carbonyl (C=O) groups excluding carboxylic acids is 3. The molecule has 31 heavy (non-hydrogen) atoms. The zero-order valence-corrected chi connectivity index (χ0v) is 19.2. The number of nitrogens with zero attached hydrogens (tertiary/aromatic N) is 2. The van der Waals surface area contributed by atoms with Gasteiger partial charge in [-0.3, -0.25) is 9.69 Å². The number of hydrogen-bond donors (Lipinski definition) is 1. The Balaban J connectivity index is 1.90. The molecule has 2 saturated heterocycles. The van der Waals surface area contributed by atoms with Crippen molar-refractivity contribution in [2.45, 2.75) is 71.2 Å². The van der Waals surface area contributed by atoms with Crippen LogP contribution in [0.25, 0.3) is 0 Å². The van der Waals surface area contributed by atoms with Gasteiger partial charge in [-0.2, -0.15) is 0 Å². The molecule has 2 N–H and O–H groups in total. The van der Waals surface area contributed by atoms with E-state index in [0.717, 1.165) is 0 Å². The van der Waals surface area contributed by atoms with Crippen molar-refractivity contribution in [3.8, 4) is 0 Å². The smallest absolute Gasteiger partial charge is 0.415 e. The Morgan fingerprint density at radius 1 is 1.13 bits per heavy atom. The van der Waals surface area contributed by atoms with Crippen LogP contribution in [0, 0.1) is 5.41 Å². The number of likely N-dealkylation sites (tertiary alicyclic amines) is 1. The molecular weight excluding hydrogens is 398 g/mol. The highest BCUT2D eigenvalue weighted by Gasteiger charge is 2.58. The van der Waals surface area contributed by atoms with Gasteiger partial charge in [0.25, 0.3) is 0 Å². The molecule has 0 radical (unpaired) electrons. The maximum atomic E-state index is 13.3. The predicted octanol–water partition coefficient (Wildman–Crippen LogP) is 2.70. The van der Waals surface area contributed by atoms with Crippen LogP contribution < -0.4 is 10.6 Å². The van der Waals surface area contributed by atoms with Crippen LogP contribution in [0.1, 0.15) is 48.0 Å². The molecule has 2 aliphatic heterocycles. The molecule has 1 aromatic rings. The molecule has 2 fully saturated rings. The van der Waals surface area contributed by atoms with E-state index in [-0.39, 0.29) is 25.4 Å². The predicted molar refractivity (Wildman–Crippen MR) is 116 cm³/mol. The van der Waals surface area contributed by atoms with Crippen LogP contribution in [0.2, 0.25) is 0 Å². The van der Waals surface area contributed by atoms with E-state index in [4.69, 9.17) is 15.2 Å². The van der Waals surface area contributed by atoms with Gasteiger partial charge in [0.05, 0.1) is 19.1 Å². The number of carbonyl (C=O) groups is 3. The Hall–Kier alpha value is -2.61. The van der Waals surface area contributed by atoms with Gasteiger partial charge in [-0.15, -0.1) is 0 Å². The maximum absolute atomic E-state index is 13.3. The van der Waals surface area contributed by atoms with Crippen LogP contribution in [0.3, 0.4) is 0 Å². The fourth-order valence-electron chi connectivity index (χ4n) is 3.93. The van der Waals surface area contributed by atoms with E-state index in [1.807, 2.05) is 51.1 Å². The minimum atomic E-state index is -0.998. The molecule has 170 valence electrons. The topological polar surface area (TPSA) is 102 Å². The highest BCUT2D eigenvalue weighted by Crippen LogP contribution is 2.39. The number of ether oxygens (including phenoxy) is 2. The molecule has 1 aromatic carbocycles. The Morgan fingerprint density at radius 2 is 1.74 bits per heavy atom. The molecule has 0 bridgehead atoms. The summed E-state index contributed by atoms with van der Waals surface area (Å²) >= 11 is 0. The first kappa shape index (κ1) is 23.1. The van der Waals surface area contributed by atoms with E-state index in [1.165, 1.54) is 9.80 Å². The minimum Gasteiger partial charge on any atom is -0.458 e. The molecule has 0 aromatic heterocycles. The normalized spacial score (nSPS) is 25.0. The van der Waals surface area contributed by atoms with E-state index in [2.05, 4.69) is 0 Å². The Bertz CT molecular complexity index is 858. The third-order valence-electron chi connectivity index (χ3n) is 5.60. The lowest BCUT2D eigenvalue weighted by atomic mass is 9.86. The summed E-state index contributed by atoms with van der Waals surface area (Å²) in [6.45, 7) is 11.3. The quantitative estimate of drug-likeness (QED) is 0.739. The van der Waals surface area contributed by atoms with E-state index in [9.17, 15) is 14.4 Å². The number of esters is 1. The average molecular weight is 432 g/mol. The van der Waals surface area contributed by atoms with E-state index in [0.29, 0.717) is 5.69 Å². The third-order valence-corrected chi connectivity index (χ3v) is 5.60. The second-order valence-electron chi connectivity index (χ2n) is 10.5. The molecule has 0 aliphatic carbocycles. The minimum absolute atomic E-state index is 0.0919. The SMILES string of the molecule is CC(C)(C)OC(=O)C1CC2(CN(c3ccccc3)C(=O)O2)CN1C(=O)[C@@H](N)C(C)(C)C. The summed E-state index contributed by atoms with van der Waals surface area (Å²) in [4.78, 5) is 41.9. The van der Waals surface area contributed by atoms with Crippen LogP contribution in [0.5, 0.6) is 0 Å². The molecule has 0 saturated carbocycles. The summed E-state index contributed by atoms with van der Waals surface area (Å²) in [6, 6.07) is 7.49. The first-order valence-corrected chi connectivity index (χ1v) is 10.6. The summed E-state index contributed by atoms with van der Waals surface area (Å²) in [5.74, 6) is -0.873. The zero-order valence-electron chi connectivity index (χ0n) is 19.2. The van der Waals surface area contributed by atoms with Crippen LogP contribution in [-0.4, -0.2) is 59.2 Å². The number of rotatable bonds is 3. The van der Waals surface area contributed by atoms with Gasteiger partial charge in [-0.25, -0.2) is 9.59 Å². The molecule has 2 unspecified atom stereocenters. The van der Waals surface area contributed by atoms with Gasteiger partial charge in [-0.05, 0) is 38.3 Å². The fraction of sp³-hybridized carbons (Fsp3) is 0.609. The first-order valence-electron chi connectivity index (χ1n) is 10.6. The highest BCUT2D eigenvalue weighted by molar-refractivity contribution is 5.92. The lowest BCUT2D eigenvalue weighted by Gasteiger charge is -2.33. The van der Waals surface area contributed by atoms with Gasteiger partial charge < -0.3 is 20.1 Å². The van der Waals surface area contributed by atoms with Gasteiger partial charge in [-0.1, -0.05) is 39.0 Å². The zero-order chi connectivity index (χ0) is 23.2. The number of anilines is 1. The summed E-state index contributed by atoms with van der Waals surface area (Å²) in [7, 11) is 0. The summed E-state index contributed by atoms with van der Waals surface area (Å²) in [5, 5.41) is 0. The average Bonchev–Trinajstić information content (AvgIpc) is 3.19. The lowest BCUT2D eigenvalue weighted by Crippen LogP contribution is -2.54. The number of nitrogens with two attached hydrogens (primary N) is 1. The molecule has 2 heterocycles. The number of hydrogen-bond acceptors (Lipinski definition) is 6. The first-order chi connectivity index (χ1) is 14.2. The van der Waals surface area contributed by atoms with Crippen molar-refractivity contribution in [2.75, 3.05) is 18.0 Å². The highest BCUT2D eigenvalue weighted by atomic mass is 16.6. The summed E-state index contributed by atoms with van der Waals surface area (Å²) in [5.41, 5.74) is 4.74. The maximum Gasteiger partial charge on any atom is 0.415 e. The standard InChI is InChI=1S/C23H33N3O5/c1-21(2,3)17(24)18(27)26-14-23(12-16(26)19(28)30-22(4,5)6)13-25(20(29)31-23)15-10-8-7-9-11-15/h7-11,16-17H,12-14,24H2,1-6H3/t16?,17-,23?/m1/s1. The molecule has 3 atom stereocenters. The third kappa shape index (κ3) is 4.84. The number of amides is 2. The molecule has 2 aliphatic rings. The number of benzene rings is 1. The second-order valence-corrected chi connectivity index (χ2v) is 10.5. The Kier molecular flexibility index (Phi) is 5.82. The van der Waals surface area contributed by atoms with Crippen LogP contribution in [0.4, 0.5) is 10.5 Å². The summed E-state index contributed by atoms with van der Waals surface area (Å²) in [6.07, 6.45) is -0.330. The van der Waals surface area contributed by atoms with Crippen molar-refractivity contribution in [2.24, 2.45) is 11.1 Å². The summed E-state index contributed by atoms with van der Waals surface area (Å²) < 4.78 is 11.4. The largest absolute Gasteiger partial charge is 0.458 e. The second kappa shape index (κ2) is 7.82. The molecule has 8 nitrogen and oxygen atoms in total. The van der Waals surface area contributed by atoms with Crippen molar-refractivity contribution in [3.05, 3.63) is 30.3 Å². The van der Waals surface area contributed by atoms with Crippen molar-refractivity contribution >= 4 is 23.7 Å². The van der Waals surface area contributed by atoms with Crippen LogP contribution >= 0.6 is 0 Å². The lowest BCUT2D eigenvalue weighted by molar-refractivity contribution is -0.163. The Morgan fingerprint density at radius 3 is 2.29 bits per heavy atom. The van der Waals surface area contributed by atoms with Crippen LogP contribution in [0.15, 0.2) is 30.3 Å². The number of para-hydroxylation sites is 1. The molecule has 8 heteroatoms. The molecule has 1 spiro atoms.